The summed E-state index contributed by atoms with van der Waals surface area (Å²) in [5.41, 5.74) is 3.89. The van der Waals surface area contributed by atoms with Gasteiger partial charge in [0.2, 0.25) is 15.9 Å². The van der Waals surface area contributed by atoms with E-state index in [0.29, 0.717) is 16.8 Å². The SMILES string of the molecule is Cc1cccc(C(C)C)c1NC(=O)[C@@H](NS(=O)(=O)c1cccc2nsnc12)c1ccccc1. The van der Waals surface area contributed by atoms with Gasteiger partial charge < -0.3 is 5.32 Å². The molecule has 0 spiro atoms. The van der Waals surface area contributed by atoms with Crippen molar-refractivity contribution in [3.63, 3.8) is 0 Å². The van der Waals surface area contributed by atoms with E-state index in [2.05, 4.69) is 18.8 Å². The Hall–Kier alpha value is -3.14. The second-order valence-electron chi connectivity index (χ2n) is 8.04. The standard InChI is InChI=1S/C24H24N4O3S2/c1-15(2)18-12-7-9-16(3)21(18)25-24(29)22(17-10-5-4-6-11-17)28-33(30,31)20-14-8-13-19-23(20)27-32-26-19/h4-15,22,28H,1-3H3,(H,25,29)/t22-/m0/s1. The van der Waals surface area contributed by atoms with Crippen LogP contribution in [0.15, 0.2) is 71.6 Å². The zero-order valence-electron chi connectivity index (χ0n) is 18.4. The molecule has 0 bridgehead atoms. The number of amides is 1. The van der Waals surface area contributed by atoms with E-state index in [0.717, 1.165) is 22.9 Å². The Labute approximate surface area is 197 Å². The average Bonchev–Trinajstić information content (AvgIpc) is 3.28. The Kier molecular flexibility index (Phi) is 6.55. The maximum atomic E-state index is 13.5. The van der Waals surface area contributed by atoms with Crippen molar-refractivity contribution in [2.24, 2.45) is 0 Å². The van der Waals surface area contributed by atoms with Gasteiger partial charge in [-0.3, -0.25) is 4.79 Å². The summed E-state index contributed by atoms with van der Waals surface area (Å²) in [6.07, 6.45) is 0. The van der Waals surface area contributed by atoms with Crippen LogP contribution in [0.2, 0.25) is 0 Å². The van der Waals surface area contributed by atoms with Crippen molar-refractivity contribution in [1.29, 1.82) is 0 Å². The Morgan fingerprint density at radius 3 is 2.39 bits per heavy atom. The number of anilines is 1. The van der Waals surface area contributed by atoms with Crippen molar-refractivity contribution in [3.05, 3.63) is 83.4 Å². The van der Waals surface area contributed by atoms with Gasteiger partial charge >= 0.3 is 0 Å². The van der Waals surface area contributed by atoms with Crippen LogP contribution in [0.1, 0.15) is 42.5 Å². The van der Waals surface area contributed by atoms with Crippen molar-refractivity contribution >= 4 is 44.4 Å². The average molecular weight is 481 g/mol. The maximum absolute atomic E-state index is 13.5. The van der Waals surface area contributed by atoms with Gasteiger partial charge in [0, 0.05) is 5.69 Å². The second-order valence-corrected chi connectivity index (χ2v) is 10.2. The van der Waals surface area contributed by atoms with Gasteiger partial charge in [0.25, 0.3) is 0 Å². The monoisotopic (exact) mass is 480 g/mol. The highest BCUT2D eigenvalue weighted by atomic mass is 32.2. The predicted molar refractivity (Wildman–Crippen MR) is 131 cm³/mol. The molecule has 0 saturated heterocycles. The summed E-state index contributed by atoms with van der Waals surface area (Å²) >= 11 is 0.941. The van der Waals surface area contributed by atoms with Crippen molar-refractivity contribution in [1.82, 2.24) is 13.5 Å². The smallest absolute Gasteiger partial charge is 0.247 e. The fourth-order valence-electron chi connectivity index (χ4n) is 3.67. The van der Waals surface area contributed by atoms with Gasteiger partial charge in [0.05, 0.1) is 11.7 Å². The number of benzene rings is 3. The van der Waals surface area contributed by atoms with Crippen LogP contribution in [0.5, 0.6) is 0 Å². The number of nitrogens with one attached hydrogen (secondary N) is 2. The Morgan fingerprint density at radius 1 is 0.939 bits per heavy atom. The number of carbonyl (C=O) groups is 1. The molecular weight excluding hydrogens is 456 g/mol. The summed E-state index contributed by atoms with van der Waals surface area (Å²) in [6, 6.07) is 18.2. The topological polar surface area (TPSA) is 101 Å². The molecule has 0 aliphatic carbocycles. The molecule has 0 fully saturated rings. The molecule has 2 N–H and O–H groups in total. The highest BCUT2D eigenvalue weighted by molar-refractivity contribution is 7.89. The summed E-state index contributed by atoms with van der Waals surface area (Å²) in [6.45, 7) is 6.01. The van der Waals surface area contributed by atoms with E-state index in [4.69, 9.17) is 0 Å². The van der Waals surface area contributed by atoms with Gasteiger partial charge in [-0.05, 0) is 41.7 Å². The number of nitrogens with zero attached hydrogens (tertiary/aromatic N) is 2. The van der Waals surface area contributed by atoms with E-state index in [9.17, 15) is 13.2 Å². The molecule has 9 heteroatoms. The molecule has 1 aromatic heterocycles. The number of aromatic nitrogens is 2. The zero-order chi connectivity index (χ0) is 23.6. The lowest BCUT2D eigenvalue weighted by molar-refractivity contribution is -0.117. The Bertz CT molecular complexity index is 1400. The molecule has 4 aromatic rings. The van der Waals surface area contributed by atoms with E-state index < -0.39 is 22.0 Å². The first kappa shape index (κ1) is 23.0. The first-order chi connectivity index (χ1) is 15.8. The van der Waals surface area contributed by atoms with Crippen LogP contribution in [-0.4, -0.2) is 23.1 Å². The van der Waals surface area contributed by atoms with Gasteiger partial charge in [0.15, 0.2) is 0 Å². The number of carbonyl (C=O) groups excluding carboxylic acids is 1. The lowest BCUT2D eigenvalue weighted by Crippen LogP contribution is -2.37. The minimum atomic E-state index is -4.08. The molecule has 0 aliphatic rings. The van der Waals surface area contributed by atoms with Crippen molar-refractivity contribution in [2.75, 3.05) is 5.32 Å². The molecule has 1 amide bonds. The van der Waals surface area contributed by atoms with Crippen LogP contribution in [-0.2, 0) is 14.8 Å². The van der Waals surface area contributed by atoms with E-state index in [-0.39, 0.29) is 16.3 Å². The Balaban J connectivity index is 1.73. The number of aryl methyl sites for hydroxylation is 1. The molecule has 7 nitrogen and oxygen atoms in total. The molecule has 3 aromatic carbocycles. The number of sulfonamides is 1. The molecular formula is C24H24N4O3S2. The zero-order valence-corrected chi connectivity index (χ0v) is 20.1. The fraction of sp³-hybridized carbons (Fsp3) is 0.208. The molecule has 170 valence electrons. The summed E-state index contributed by atoms with van der Waals surface area (Å²) in [7, 11) is -4.08. The number of rotatable bonds is 7. The molecule has 1 atom stereocenters. The maximum Gasteiger partial charge on any atom is 0.247 e. The second kappa shape index (κ2) is 9.38. The third kappa shape index (κ3) is 4.80. The minimum absolute atomic E-state index is 0.0127. The third-order valence-corrected chi connectivity index (χ3v) is 7.38. The largest absolute Gasteiger partial charge is 0.324 e. The summed E-state index contributed by atoms with van der Waals surface area (Å²) in [5, 5.41) is 2.97. The van der Waals surface area contributed by atoms with Crippen LogP contribution < -0.4 is 10.0 Å². The van der Waals surface area contributed by atoms with E-state index in [1.165, 1.54) is 6.07 Å². The fourth-order valence-corrected chi connectivity index (χ4v) is 5.62. The highest BCUT2D eigenvalue weighted by Gasteiger charge is 2.30. The molecule has 4 rings (SSSR count). The molecule has 33 heavy (non-hydrogen) atoms. The van der Waals surface area contributed by atoms with Crippen LogP contribution in [0.25, 0.3) is 11.0 Å². The lowest BCUT2D eigenvalue weighted by Gasteiger charge is -2.22. The van der Waals surface area contributed by atoms with Crippen LogP contribution in [0.3, 0.4) is 0 Å². The van der Waals surface area contributed by atoms with Gasteiger partial charge in [0.1, 0.15) is 22.0 Å². The first-order valence-electron chi connectivity index (χ1n) is 10.5. The minimum Gasteiger partial charge on any atom is -0.324 e. The van der Waals surface area contributed by atoms with Gasteiger partial charge in [-0.25, -0.2) is 8.42 Å². The third-order valence-electron chi connectivity index (χ3n) is 5.38. The Morgan fingerprint density at radius 2 is 1.67 bits per heavy atom. The molecule has 0 unspecified atom stereocenters. The summed E-state index contributed by atoms with van der Waals surface area (Å²) < 4.78 is 37.6. The molecule has 0 aliphatic heterocycles. The van der Waals surface area contributed by atoms with Gasteiger partial charge in [-0.2, -0.15) is 13.5 Å². The van der Waals surface area contributed by atoms with Gasteiger partial charge in [-0.1, -0.05) is 68.4 Å². The molecule has 0 saturated carbocycles. The van der Waals surface area contributed by atoms with E-state index >= 15 is 0 Å². The highest BCUT2D eigenvalue weighted by Crippen LogP contribution is 2.29. The quantitative estimate of drug-likeness (QED) is 0.396. The lowest BCUT2D eigenvalue weighted by atomic mass is 9.97. The van der Waals surface area contributed by atoms with Gasteiger partial charge in [-0.15, -0.1) is 0 Å². The number of hydrogen-bond acceptors (Lipinski definition) is 6. The van der Waals surface area contributed by atoms with Crippen molar-refractivity contribution in [3.8, 4) is 0 Å². The van der Waals surface area contributed by atoms with Crippen molar-refractivity contribution < 1.29 is 13.2 Å². The van der Waals surface area contributed by atoms with E-state index in [1.807, 2.05) is 45.0 Å². The summed E-state index contributed by atoms with van der Waals surface area (Å²) in [5.74, 6) is -0.286. The van der Waals surface area contributed by atoms with Crippen LogP contribution in [0, 0.1) is 6.92 Å². The predicted octanol–water partition coefficient (Wildman–Crippen LogP) is 4.78. The first-order valence-corrected chi connectivity index (χ1v) is 12.7. The van der Waals surface area contributed by atoms with Crippen LogP contribution in [0.4, 0.5) is 5.69 Å². The number of hydrogen-bond donors (Lipinski definition) is 2. The van der Waals surface area contributed by atoms with E-state index in [1.54, 1.807) is 36.4 Å². The van der Waals surface area contributed by atoms with Crippen LogP contribution >= 0.6 is 11.7 Å². The number of para-hydroxylation sites is 1. The molecule has 1 heterocycles. The van der Waals surface area contributed by atoms with Crippen molar-refractivity contribution in [2.45, 2.75) is 37.6 Å². The molecule has 0 radical (unpaired) electrons. The normalized spacial score (nSPS) is 12.7. The summed E-state index contributed by atoms with van der Waals surface area (Å²) in [4.78, 5) is 13.5. The number of fused-ring (bicyclic) bond motifs is 1.